The highest BCUT2D eigenvalue weighted by atomic mass is 16.5. The summed E-state index contributed by atoms with van der Waals surface area (Å²) in [6, 6.07) is 12.6. The van der Waals surface area contributed by atoms with Gasteiger partial charge in [-0.05, 0) is 41.8 Å². The van der Waals surface area contributed by atoms with E-state index in [1.54, 1.807) is 42.3 Å². The maximum atomic E-state index is 12.7. The van der Waals surface area contributed by atoms with E-state index in [1.807, 2.05) is 26.0 Å². The van der Waals surface area contributed by atoms with Gasteiger partial charge in [0.05, 0.1) is 13.5 Å². The number of ether oxygens (including phenoxy) is 1. The van der Waals surface area contributed by atoms with Crippen LogP contribution < -0.4 is 9.64 Å². The standard InChI is InChI=1S/C18H17NO4.C2H6/c1-23-15-7-4-13-8-9-19(18(22)16(13)11-15)14-5-2-12(3-6-14)10-17(20)21;1-2/h2-7,11H,8-10H2,1H3,(H,20,21);1-2H3. The van der Waals surface area contributed by atoms with Crippen LogP contribution in [0, 0.1) is 0 Å². The van der Waals surface area contributed by atoms with Crippen molar-refractivity contribution < 1.29 is 19.4 Å². The lowest BCUT2D eigenvalue weighted by Gasteiger charge is -2.29. The molecule has 5 nitrogen and oxygen atoms in total. The Morgan fingerprint density at radius 2 is 1.84 bits per heavy atom. The molecule has 0 saturated heterocycles. The third-order valence-corrected chi connectivity index (χ3v) is 4.00. The van der Waals surface area contributed by atoms with Gasteiger partial charge >= 0.3 is 5.97 Å². The summed E-state index contributed by atoms with van der Waals surface area (Å²) in [5.41, 5.74) is 3.17. The van der Waals surface area contributed by atoms with Gasteiger partial charge in [0.15, 0.2) is 0 Å². The van der Waals surface area contributed by atoms with Gasteiger partial charge in [0, 0.05) is 17.8 Å². The topological polar surface area (TPSA) is 66.8 Å². The normalized spacial score (nSPS) is 12.8. The number of nitrogens with zero attached hydrogens (tertiary/aromatic N) is 1. The Balaban J connectivity index is 0.00000109. The van der Waals surface area contributed by atoms with Crippen molar-refractivity contribution in [1.29, 1.82) is 0 Å². The van der Waals surface area contributed by atoms with E-state index in [2.05, 4.69) is 0 Å². The van der Waals surface area contributed by atoms with Crippen LogP contribution in [0.4, 0.5) is 5.69 Å². The van der Waals surface area contributed by atoms with Gasteiger partial charge in [-0.1, -0.05) is 32.0 Å². The van der Waals surface area contributed by atoms with E-state index in [-0.39, 0.29) is 12.3 Å². The highest BCUT2D eigenvalue weighted by molar-refractivity contribution is 6.08. The zero-order valence-electron chi connectivity index (χ0n) is 14.8. The van der Waals surface area contributed by atoms with Crippen molar-refractivity contribution >= 4 is 17.6 Å². The van der Waals surface area contributed by atoms with E-state index in [1.165, 1.54) is 0 Å². The monoisotopic (exact) mass is 341 g/mol. The van der Waals surface area contributed by atoms with Gasteiger partial charge in [0.25, 0.3) is 5.91 Å². The number of methoxy groups -OCH3 is 1. The molecule has 1 amide bonds. The molecule has 1 heterocycles. The zero-order chi connectivity index (χ0) is 18.4. The maximum Gasteiger partial charge on any atom is 0.307 e. The third-order valence-electron chi connectivity index (χ3n) is 4.00. The number of carbonyl (C=O) groups is 2. The van der Waals surface area contributed by atoms with E-state index < -0.39 is 5.97 Å². The molecule has 0 fully saturated rings. The van der Waals surface area contributed by atoms with Crippen molar-refractivity contribution in [2.75, 3.05) is 18.6 Å². The van der Waals surface area contributed by atoms with Crippen molar-refractivity contribution in [3.63, 3.8) is 0 Å². The molecular formula is C20H23NO4. The minimum absolute atomic E-state index is 0.0196. The number of carbonyl (C=O) groups excluding carboxylic acids is 1. The largest absolute Gasteiger partial charge is 0.497 e. The Morgan fingerprint density at radius 1 is 1.16 bits per heavy atom. The van der Waals surface area contributed by atoms with Crippen LogP contribution in [0.2, 0.25) is 0 Å². The third kappa shape index (κ3) is 4.18. The Bertz CT molecular complexity index is 753. The number of hydrogen-bond donors (Lipinski definition) is 1. The van der Waals surface area contributed by atoms with Crippen LogP contribution in [0.1, 0.15) is 35.3 Å². The molecule has 2 aromatic carbocycles. The van der Waals surface area contributed by atoms with Crippen molar-refractivity contribution in [2.45, 2.75) is 26.7 Å². The van der Waals surface area contributed by atoms with E-state index in [9.17, 15) is 9.59 Å². The Labute approximate surface area is 147 Å². The van der Waals surface area contributed by atoms with Crippen LogP contribution >= 0.6 is 0 Å². The van der Waals surface area contributed by atoms with Gasteiger partial charge in [-0.2, -0.15) is 0 Å². The molecular weight excluding hydrogens is 318 g/mol. The molecule has 0 atom stereocenters. The highest BCUT2D eigenvalue weighted by Crippen LogP contribution is 2.27. The number of fused-ring (bicyclic) bond motifs is 1. The average Bonchev–Trinajstić information content (AvgIpc) is 2.64. The number of carboxylic acids is 1. The first-order valence-electron chi connectivity index (χ1n) is 8.38. The molecule has 0 aliphatic carbocycles. The molecule has 0 radical (unpaired) electrons. The highest BCUT2D eigenvalue weighted by Gasteiger charge is 2.25. The quantitative estimate of drug-likeness (QED) is 0.923. The van der Waals surface area contributed by atoms with Crippen molar-refractivity contribution in [2.24, 2.45) is 0 Å². The van der Waals surface area contributed by atoms with E-state index in [4.69, 9.17) is 9.84 Å². The average molecular weight is 341 g/mol. The van der Waals surface area contributed by atoms with Crippen LogP contribution in [0.3, 0.4) is 0 Å². The van der Waals surface area contributed by atoms with E-state index in [0.717, 1.165) is 17.7 Å². The van der Waals surface area contributed by atoms with Gasteiger partial charge in [-0.3, -0.25) is 9.59 Å². The lowest BCUT2D eigenvalue weighted by Crippen LogP contribution is -2.37. The molecule has 2 aromatic rings. The first-order chi connectivity index (χ1) is 12.1. The molecule has 5 heteroatoms. The molecule has 1 aliphatic rings. The van der Waals surface area contributed by atoms with E-state index >= 15 is 0 Å². The summed E-state index contributed by atoms with van der Waals surface area (Å²) in [6.45, 7) is 4.61. The summed E-state index contributed by atoms with van der Waals surface area (Å²) in [6.07, 6.45) is 0.760. The lowest BCUT2D eigenvalue weighted by atomic mass is 9.98. The summed E-state index contributed by atoms with van der Waals surface area (Å²) in [4.78, 5) is 25.2. The van der Waals surface area contributed by atoms with Gasteiger partial charge < -0.3 is 14.7 Å². The smallest absolute Gasteiger partial charge is 0.307 e. The number of anilines is 1. The van der Waals surface area contributed by atoms with Crippen molar-refractivity contribution in [3.8, 4) is 5.75 Å². The van der Waals surface area contributed by atoms with Gasteiger partial charge in [0.2, 0.25) is 0 Å². The van der Waals surface area contributed by atoms with Crippen LogP contribution in [0.5, 0.6) is 5.75 Å². The second kappa shape index (κ2) is 8.33. The predicted molar refractivity (Wildman–Crippen MR) is 97.5 cm³/mol. The Morgan fingerprint density at radius 3 is 2.44 bits per heavy atom. The first kappa shape index (κ1) is 18.5. The fourth-order valence-electron chi connectivity index (χ4n) is 2.79. The molecule has 0 saturated carbocycles. The fraction of sp³-hybridized carbons (Fsp3) is 0.300. The molecule has 0 unspecified atom stereocenters. The summed E-state index contributed by atoms with van der Waals surface area (Å²) < 4.78 is 5.20. The molecule has 3 rings (SSSR count). The molecule has 25 heavy (non-hydrogen) atoms. The van der Waals surface area contributed by atoms with Gasteiger partial charge in [0.1, 0.15) is 5.75 Å². The van der Waals surface area contributed by atoms with Crippen LogP contribution in [0.15, 0.2) is 42.5 Å². The van der Waals surface area contributed by atoms with Gasteiger partial charge in [-0.25, -0.2) is 0 Å². The maximum absolute atomic E-state index is 12.7. The van der Waals surface area contributed by atoms with Crippen LogP contribution in [-0.2, 0) is 17.6 Å². The summed E-state index contributed by atoms with van der Waals surface area (Å²) in [7, 11) is 1.58. The Kier molecular flexibility index (Phi) is 6.17. The lowest BCUT2D eigenvalue weighted by molar-refractivity contribution is -0.136. The fourth-order valence-corrected chi connectivity index (χ4v) is 2.79. The SMILES string of the molecule is CC.COc1ccc2c(c1)C(=O)N(c1ccc(CC(=O)O)cc1)CC2. The summed E-state index contributed by atoms with van der Waals surface area (Å²) >= 11 is 0. The Hall–Kier alpha value is -2.82. The summed E-state index contributed by atoms with van der Waals surface area (Å²) in [5, 5.41) is 8.81. The molecule has 1 N–H and O–H groups in total. The zero-order valence-corrected chi connectivity index (χ0v) is 14.8. The number of aliphatic carboxylic acids is 1. The van der Waals surface area contributed by atoms with Crippen LogP contribution in [0.25, 0.3) is 0 Å². The minimum atomic E-state index is -0.868. The van der Waals surface area contributed by atoms with Gasteiger partial charge in [-0.15, -0.1) is 0 Å². The second-order valence-electron chi connectivity index (χ2n) is 5.47. The number of rotatable bonds is 4. The first-order valence-corrected chi connectivity index (χ1v) is 8.38. The molecule has 1 aliphatic heterocycles. The molecule has 0 bridgehead atoms. The summed E-state index contributed by atoms with van der Waals surface area (Å²) in [5.74, 6) is -0.264. The number of amides is 1. The number of benzene rings is 2. The predicted octanol–water partition coefficient (Wildman–Crippen LogP) is 3.55. The molecule has 0 aromatic heterocycles. The number of carboxylic acid groups (broad SMARTS) is 1. The minimum Gasteiger partial charge on any atom is -0.497 e. The van der Waals surface area contributed by atoms with Crippen LogP contribution in [-0.4, -0.2) is 30.6 Å². The second-order valence-corrected chi connectivity index (χ2v) is 5.47. The van der Waals surface area contributed by atoms with Crippen molar-refractivity contribution in [3.05, 3.63) is 59.2 Å². The molecule has 132 valence electrons. The number of hydrogen-bond acceptors (Lipinski definition) is 3. The van der Waals surface area contributed by atoms with Crippen molar-refractivity contribution in [1.82, 2.24) is 0 Å². The van der Waals surface area contributed by atoms with E-state index in [0.29, 0.717) is 23.4 Å². The molecule has 0 spiro atoms.